The summed E-state index contributed by atoms with van der Waals surface area (Å²) in [6.07, 6.45) is 14.3. The lowest BCUT2D eigenvalue weighted by Gasteiger charge is -2.56. The van der Waals surface area contributed by atoms with Crippen molar-refractivity contribution in [1.29, 1.82) is 0 Å². The van der Waals surface area contributed by atoms with Crippen molar-refractivity contribution >= 4 is 5.78 Å². The van der Waals surface area contributed by atoms with Crippen molar-refractivity contribution < 1.29 is 4.79 Å². The summed E-state index contributed by atoms with van der Waals surface area (Å²) < 4.78 is 0. The third kappa shape index (κ3) is 5.11. The molecule has 1 nitrogen and oxygen atoms in total. The number of rotatable bonds is 8. The van der Waals surface area contributed by atoms with Crippen LogP contribution in [0.2, 0.25) is 0 Å². The number of aryl methyl sites for hydroxylation is 1. The molecular weight excluding hydrogens is 436 g/mol. The fraction of sp³-hybridized carbons (Fsp3) is 0.800. The Morgan fingerprint density at radius 1 is 0.917 bits per heavy atom. The molecule has 0 radical (unpaired) electrons. The maximum atomic E-state index is 13.0. The van der Waals surface area contributed by atoms with Crippen LogP contribution in [0.4, 0.5) is 0 Å². The summed E-state index contributed by atoms with van der Waals surface area (Å²) in [4.78, 5) is 13.0. The highest BCUT2D eigenvalue weighted by molar-refractivity contribution is 5.96. The van der Waals surface area contributed by atoms with E-state index < -0.39 is 0 Å². The summed E-state index contributed by atoms with van der Waals surface area (Å²) in [7, 11) is 0. The van der Waals surface area contributed by atoms with E-state index in [9.17, 15) is 4.79 Å². The molecular formula is C35H56O. The van der Waals surface area contributed by atoms with Crippen molar-refractivity contribution in [2.45, 2.75) is 131 Å². The third-order valence-corrected chi connectivity index (χ3v) is 11.2. The van der Waals surface area contributed by atoms with Crippen LogP contribution in [0.1, 0.15) is 140 Å². The largest absolute Gasteiger partial charge is 0.295 e. The predicted molar refractivity (Wildman–Crippen MR) is 155 cm³/mol. The standard InChI is InChI=1S/C35H56O/c1-9-10-11-27-20-31(26(8)36)30-16-17-35(34(30)21-27,32-18-24(6)12-14-28(32)22(2)3)33-19-25(7)13-15-29(33)23(4)5/h20-25,28-29,32-33H,9-19H2,1-8H3. The second kappa shape index (κ2) is 11.3. The van der Waals surface area contributed by atoms with Crippen LogP contribution in [0, 0.1) is 47.3 Å². The molecule has 0 spiro atoms. The molecule has 0 aliphatic heterocycles. The normalized spacial score (nSPS) is 34.8. The molecule has 1 aromatic carbocycles. The summed E-state index contributed by atoms with van der Waals surface area (Å²) in [5.41, 5.74) is 5.84. The highest BCUT2D eigenvalue weighted by atomic mass is 16.1. The van der Waals surface area contributed by atoms with Crippen molar-refractivity contribution in [2.24, 2.45) is 47.3 Å². The maximum absolute atomic E-state index is 13.0. The molecule has 202 valence electrons. The van der Waals surface area contributed by atoms with Gasteiger partial charge >= 0.3 is 0 Å². The number of Topliss-reactive ketones (excluding diaryl/α,β-unsaturated/α-hetero) is 1. The van der Waals surface area contributed by atoms with E-state index >= 15 is 0 Å². The molecule has 2 saturated carbocycles. The minimum Gasteiger partial charge on any atom is -0.295 e. The monoisotopic (exact) mass is 492 g/mol. The van der Waals surface area contributed by atoms with Crippen LogP contribution in [0.3, 0.4) is 0 Å². The van der Waals surface area contributed by atoms with Crippen molar-refractivity contribution in [3.63, 3.8) is 0 Å². The van der Waals surface area contributed by atoms with Gasteiger partial charge in [0.1, 0.15) is 0 Å². The predicted octanol–water partition coefficient (Wildman–Crippen LogP) is 9.83. The summed E-state index contributed by atoms with van der Waals surface area (Å²) in [5.74, 6) is 6.50. The number of benzene rings is 1. The minimum absolute atomic E-state index is 0.245. The molecule has 6 atom stereocenters. The Labute approximate surface area is 223 Å². The Morgan fingerprint density at radius 3 is 1.94 bits per heavy atom. The number of carbonyl (C=O) groups excluding carboxylic acids is 1. The van der Waals surface area contributed by atoms with E-state index in [1.165, 1.54) is 68.9 Å². The number of unbranched alkanes of at least 4 members (excludes halogenated alkanes) is 1. The van der Waals surface area contributed by atoms with Crippen LogP contribution in [-0.2, 0) is 18.3 Å². The number of hydrogen-bond acceptors (Lipinski definition) is 1. The van der Waals surface area contributed by atoms with Crippen molar-refractivity contribution in [1.82, 2.24) is 0 Å². The summed E-state index contributed by atoms with van der Waals surface area (Å²) in [6, 6.07) is 4.94. The Balaban J connectivity index is 1.97. The number of hydrogen-bond donors (Lipinski definition) is 0. The fourth-order valence-electron chi connectivity index (χ4n) is 9.36. The molecule has 36 heavy (non-hydrogen) atoms. The van der Waals surface area contributed by atoms with E-state index in [1.54, 1.807) is 5.56 Å². The average Bonchev–Trinajstić information content (AvgIpc) is 3.21. The van der Waals surface area contributed by atoms with Crippen LogP contribution in [0.15, 0.2) is 12.1 Å². The Kier molecular flexibility index (Phi) is 8.78. The molecule has 0 amide bonds. The van der Waals surface area contributed by atoms with E-state index in [2.05, 4.69) is 60.6 Å². The van der Waals surface area contributed by atoms with Gasteiger partial charge in [-0.3, -0.25) is 4.79 Å². The first-order chi connectivity index (χ1) is 17.1. The molecule has 3 aliphatic carbocycles. The molecule has 1 aromatic rings. The van der Waals surface area contributed by atoms with E-state index in [1.807, 2.05) is 6.92 Å². The lowest BCUT2D eigenvalue weighted by atomic mass is 9.48. The van der Waals surface area contributed by atoms with Gasteiger partial charge in [0.25, 0.3) is 0 Å². The lowest BCUT2D eigenvalue weighted by Crippen LogP contribution is -2.52. The first kappa shape index (κ1) is 27.9. The molecule has 0 bridgehead atoms. The zero-order valence-electron chi connectivity index (χ0n) is 25.0. The fourth-order valence-corrected chi connectivity index (χ4v) is 9.36. The second-order valence-electron chi connectivity index (χ2n) is 14.2. The number of ketones is 1. The van der Waals surface area contributed by atoms with Crippen LogP contribution in [0.25, 0.3) is 0 Å². The molecule has 2 fully saturated rings. The molecule has 4 rings (SSSR count). The third-order valence-electron chi connectivity index (χ3n) is 11.2. The number of carbonyl (C=O) groups is 1. The summed E-state index contributed by atoms with van der Waals surface area (Å²) in [6.45, 7) is 19.1. The molecule has 6 unspecified atom stereocenters. The highest BCUT2D eigenvalue weighted by Gasteiger charge is 2.57. The van der Waals surface area contributed by atoms with Gasteiger partial charge < -0.3 is 0 Å². The van der Waals surface area contributed by atoms with Gasteiger partial charge in [-0.05, 0) is 128 Å². The van der Waals surface area contributed by atoms with Gasteiger partial charge in [0, 0.05) is 11.0 Å². The van der Waals surface area contributed by atoms with Crippen molar-refractivity contribution in [3.05, 3.63) is 34.4 Å². The molecule has 0 heterocycles. The zero-order valence-corrected chi connectivity index (χ0v) is 25.0. The average molecular weight is 493 g/mol. The highest BCUT2D eigenvalue weighted by Crippen LogP contribution is 2.62. The van der Waals surface area contributed by atoms with Gasteiger partial charge in [0.2, 0.25) is 0 Å². The molecule has 1 heteroatoms. The lowest BCUT2D eigenvalue weighted by molar-refractivity contribution is -0.0206. The smallest absolute Gasteiger partial charge is 0.160 e. The van der Waals surface area contributed by atoms with Crippen LogP contribution < -0.4 is 0 Å². The van der Waals surface area contributed by atoms with E-state index in [0.717, 1.165) is 65.7 Å². The Hall–Kier alpha value is -1.11. The summed E-state index contributed by atoms with van der Waals surface area (Å²) >= 11 is 0. The van der Waals surface area contributed by atoms with Gasteiger partial charge in [-0.1, -0.05) is 73.8 Å². The minimum atomic E-state index is 0.245. The maximum Gasteiger partial charge on any atom is 0.160 e. The van der Waals surface area contributed by atoms with E-state index in [0.29, 0.717) is 0 Å². The molecule has 3 aliphatic rings. The zero-order chi connectivity index (χ0) is 26.2. The summed E-state index contributed by atoms with van der Waals surface area (Å²) in [5, 5.41) is 0. The van der Waals surface area contributed by atoms with Gasteiger partial charge in [-0.2, -0.15) is 0 Å². The van der Waals surface area contributed by atoms with Gasteiger partial charge in [-0.25, -0.2) is 0 Å². The number of fused-ring (bicyclic) bond motifs is 1. The van der Waals surface area contributed by atoms with Crippen LogP contribution in [0.5, 0.6) is 0 Å². The SMILES string of the molecule is CCCCc1cc(C(C)=O)c2c(c1)C(C1CC(C)CCC1C(C)C)(C1CC(C)CCC1C(C)C)CC2. The molecule has 0 saturated heterocycles. The van der Waals surface area contributed by atoms with E-state index in [-0.39, 0.29) is 11.2 Å². The van der Waals surface area contributed by atoms with Gasteiger partial charge in [-0.15, -0.1) is 0 Å². The Bertz CT molecular complexity index is 875. The van der Waals surface area contributed by atoms with Gasteiger partial charge in [0.15, 0.2) is 5.78 Å². The van der Waals surface area contributed by atoms with Crippen molar-refractivity contribution in [2.75, 3.05) is 0 Å². The van der Waals surface area contributed by atoms with Crippen LogP contribution in [-0.4, -0.2) is 5.78 Å². The molecule has 0 N–H and O–H groups in total. The van der Waals surface area contributed by atoms with E-state index in [4.69, 9.17) is 0 Å². The second-order valence-corrected chi connectivity index (χ2v) is 14.2. The Morgan fingerprint density at radius 2 is 1.47 bits per heavy atom. The first-order valence-corrected chi connectivity index (χ1v) is 15.8. The topological polar surface area (TPSA) is 17.1 Å². The van der Waals surface area contributed by atoms with Gasteiger partial charge in [0.05, 0.1) is 0 Å². The van der Waals surface area contributed by atoms with Crippen molar-refractivity contribution in [3.8, 4) is 0 Å². The quantitative estimate of drug-likeness (QED) is 0.330. The first-order valence-electron chi connectivity index (χ1n) is 15.8. The van der Waals surface area contributed by atoms with Crippen LogP contribution >= 0.6 is 0 Å². The molecule has 0 aromatic heterocycles.